The zero-order chi connectivity index (χ0) is 15.2. The molecule has 108 valence electrons. The maximum absolute atomic E-state index is 12.1. The van der Waals surface area contributed by atoms with Gasteiger partial charge >= 0.3 is 0 Å². The fourth-order valence-corrected chi connectivity index (χ4v) is 1.99. The number of carbonyl (C=O) groups excluding carboxylic acids is 1. The predicted octanol–water partition coefficient (Wildman–Crippen LogP) is 2.29. The van der Waals surface area contributed by atoms with Crippen molar-refractivity contribution in [2.75, 3.05) is 0 Å². The van der Waals surface area contributed by atoms with E-state index in [-0.39, 0.29) is 18.1 Å². The van der Waals surface area contributed by atoms with E-state index in [0.29, 0.717) is 18.1 Å². The highest BCUT2D eigenvalue weighted by atomic mass is 16.3. The van der Waals surface area contributed by atoms with Gasteiger partial charge < -0.3 is 5.32 Å². The molecule has 6 heteroatoms. The summed E-state index contributed by atoms with van der Waals surface area (Å²) in [5.41, 5.74) is 2.84. The van der Waals surface area contributed by atoms with Gasteiger partial charge in [-0.15, -0.1) is 0 Å². The van der Waals surface area contributed by atoms with Gasteiger partial charge in [0, 0.05) is 6.54 Å². The molecule has 1 N–H and O–H groups in total. The van der Waals surface area contributed by atoms with Crippen molar-refractivity contribution in [2.45, 2.75) is 26.9 Å². The second kappa shape index (κ2) is 6.69. The van der Waals surface area contributed by atoms with Gasteiger partial charge in [0.2, 0.25) is 0 Å². The van der Waals surface area contributed by atoms with Crippen LogP contribution < -0.4 is 5.32 Å². The molecule has 2 rings (SSSR count). The zero-order valence-corrected chi connectivity index (χ0v) is 12.0. The zero-order valence-electron chi connectivity index (χ0n) is 12.0. The second-order valence-corrected chi connectivity index (χ2v) is 4.75. The maximum Gasteiger partial charge on any atom is 0.270 e. The third-order valence-corrected chi connectivity index (χ3v) is 2.89. The van der Waals surface area contributed by atoms with Crippen molar-refractivity contribution in [2.24, 2.45) is 5.18 Å². The Morgan fingerprint density at radius 2 is 2.05 bits per heavy atom. The molecule has 1 aromatic heterocycles. The number of nitrogens with zero attached hydrogens (tertiary/aromatic N) is 3. The Labute approximate surface area is 122 Å². The van der Waals surface area contributed by atoms with Crippen LogP contribution in [0.25, 0.3) is 0 Å². The number of benzene rings is 1. The number of hydrogen-bond donors (Lipinski definition) is 1. The molecule has 0 aliphatic heterocycles. The fourth-order valence-electron chi connectivity index (χ4n) is 1.99. The smallest absolute Gasteiger partial charge is 0.270 e. The van der Waals surface area contributed by atoms with E-state index in [4.69, 9.17) is 0 Å². The first kappa shape index (κ1) is 14.8. The summed E-state index contributed by atoms with van der Waals surface area (Å²) in [5.74, 6) is 0.144. The number of aromatic nitrogens is 2. The van der Waals surface area contributed by atoms with Crippen molar-refractivity contribution in [3.8, 4) is 0 Å². The van der Waals surface area contributed by atoms with E-state index in [2.05, 4.69) is 20.5 Å². The Morgan fingerprint density at radius 1 is 1.24 bits per heavy atom. The number of amides is 1. The Hall–Kier alpha value is -2.63. The molecule has 1 amide bonds. The first-order valence-electron chi connectivity index (χ1n) is 6.56. The lowest BCUT2D eigenvalue weighted by atomic mass is 10.1. The minimum atomic E-state index is -0.297. The van der Waals surface area contributed by atoms with Crippen LogP contribution in [0.4, 0.5) is 0 Å². The highest BCUT2D eigenvalue weighted by Crippen LogP contribution is 2.06. The molecule has 0 radical (unpaired) electrons. The fraction of sp³-hybridized carbons (Fsp3) is 0.267. The Bertz CT molecular complexity index is 670. The summed E-state index contributed by atoms with van der Waals surface area (Å²) in [7, 11) is 0. The van der Waals surface area contributed by atoms with Gasteiger partial charge in [-0.1, -0.05) is 35.0 Å². The van der Waals surface area contributed by atoms with Crippen LogP contribution in [0.5, 0.6) is 0 Å². The van der Waals surface area contributed by atoms with Crippen LogP contribution in [0.2, 0.25) is 0 Å². The van der Waals surface area contributed by atoms with Crippen LogP contribution in [0.3, 0.4) is 0 Å². The van der Waals surface area contributed by atoms with E-state index >= 15 is 0 Å². The average Bonchev–Trinajstić information content (AvgIpc) is 2.44. The lowest BCUT2D eigenvalue weighted by molar-refractivity contribution is 0.0945. The molecule has 0 unspecified atom stereocenters. The van der Waals surface area contributed by atoms with E-state index in [0.717, 1.165) is 11.1 Å². The van der Waals surface area contributed by atoms with E-state index in [1.54, 1.807) is 6.92 Å². The van der Waals surface area contributed by atoms with Crippen LogP contribution in [-0.2, 0) is 13.1 Å². The summed E-state index contributed by atoms with van der Waals surface area (Å²) in [6.07, 6.45) is 0. The lowest BCUT2D eigenvalue weighted by Gasteiger charge is -2.07. The van der Waals surface area contributed by atoms with Gasteiger partial charge in [-0.05, 0) is 25.5 Å². The molecule has 0 saturated carbocycles. The number of nitroso groups, excluding NO2 is 1. The van der Waals surface area contributed by atoms with Crippen LogP contribution in [0.1, 0.15) is 33.1 Å². The van der Waals surface area contributed by atoms with Crippen LogP contribution in [-0.4, -0.2) is 15.9 Å². The van der Waals surface area contributed by atoms with Gasteiger partial charge in [-0.2, -0.15) is 4.91 Å². The number of carbonyl (C=O) groups is 1. The molecule has 0 aliphatic rings. The van der Waals surface area contributed by atoms with Crippen molar-refractivity contribution in [1.82, 2.24) is 15.3 Å². The van der Waals surface area contributed by atoms with Gasteiger partial charge in [0.25, 0.3) is 5.91 Å². The average molecular weight is 284 g/mol. The first-order chi connectivity index (χ1) is 10.1. The molecule has 0 saturated heterocycles. The van der Waals surface area contributed by atoms with Crippen molar-refractivity contribution < 1.29 is 4.79 Å². The molecule has 0 aliphatic carbocycles. The van der Waals surface area contributed by atoms with Gasteiger partial charge in [-0.3, -0.25) is 4.79 Å². The predicted molar refractivity (Wildman–Crippen MR) is 78.6 cm³/mol. The standard InChI is InChI=1S/C15H16N4O2/c1-10-4-3-5-12(6-10)8-16-15(20)14-7-13(9-17-21)18-11(2)19-14/h3-7H,8-9H2,1-2H3,(H,16,20). The molecular formula is C15H16N4O2. The summed E-state index contributed by atoms with van der Waals surface area (Å²) < 4.78 is 0. The highest BCUT2D eigenvalue weighted by Gasteiger charge is 2.10. The Balaban J connectivity index is 2.08. The van der Waals surface area contributed by atoms with Gasteiger partial charge in [0.15, 0.2) is 0 Å². The molecule has 6 nitrogen and oxygen atoms in total. The second-order valence-electron chi connectivity index (χ2n) is 4.75. The number of nitrogens with one attached hydrogen (secondary N) is 1. The van der Waals surface area contributed by atoms with Crippen molar-refractivity contribution in [3.63, 3.8) is 0 Å². The van der Waals surface area contributed by atoms with Crippen LogP contribution in [0.15, 0.2) is 35.5 Å². The molecule has 0 atom stereocenters. The summed E-state index contributed by atoms with van der Waals surface area (Å²) in [5, 5.41) is 5.58. The van der Waals surface area contributed by atoms with Gasteiger partial charge in [0.05, 0.1) is 5.69 Å². The number of hydrogen-bond acceptors (Lipinski definition) is 5. The summed E-state index contributed by atoms with van der Waals surface area (Å²) in [4.78, 5) is 30.5. The molecule has 2 aromatic rings. The minimum absolute atomic E-state index is 0.0679. The first-order valence-corrected chi connectivity index (χ1v) is 6.56. The molecule has 0 bridgehead atoms. The summed E-state index contributed by atoms with van der Waals surface area (Å²) >= 11 is 0. The normalized spacial score (nSPS) is 10.2. The Kier molecular flexibility index (Phi) is 4.71. The van der Waals surface area contributed by atoms with E-state index in [9.17, 15) is 9.70 Å². The van der Waals surface area contributed by atoms with Crippen LogP contribution >= 0.6 is 0 Å². The number of aryl methyl sites for hydroxylation is 2. The SMILES string of the molecule is Cc1cccc(CNC(=O)c2cc(CN=O)nc(C)n2)c1. The third kappa shape index (κ3) is 4.17. The maximum atomic E-state index is 12.1. The minimum Gasteiger partial charge on any atom is -0.347 e. The number of rotatable bonds is 5. The molecule has 1 aromatic carbocycles. The highest BCUT2D eigenvalue weighted by molar-refractivity contribution is 5.92. The van der Waals surface area contributed by atoms with Crippen molar-refractivity contribution >= 4 is 5.91 Å². The van der Waals surface area contributed by atoms with Crippen molar-refractivity contribution in [3.05, 3.63) is 63.6 Å². The Morgan fingerprint density at radius 3 is 2.76 bits per heavy atom. The van der Waals surface area contributed by atoms with E-state index in [1.807, 2.05) is 31.2 Å². The van der Waals surface area contributed by atoms with Gasteiger partial charge in [-0.25, -0.2) is 9.97 Å². The van der Waals surface area contributed by atoms with Gasteiger partial charge in [0.1, 0.15) is 18.1 Å². The summed E-state index contributed by atoms with van der Waals surface area (Å²) in [6, 6.07) is 9.38. The van der Waals surface area contributed by atoms with Crippen molar-refractivity contribution in [1.29, 1.82) is 0 Å². The topological polar surface area (TPSA) is 84.3 Å². The lowest BCUT2D eigenvalue weighted by Crippen LogP contribution is -2.24. The molecule has 21 heavy (non-hydrogen) atoms. The molecular weight excluding hydrogens is 268 g/mol. The largest absolute Gasteiger partial charge is 0.347 e. The monoisotopic (exact) mass is 284 g/mol. The van der Waals surface area contributed by atoms with E-state index in [1.165, 1.54) is 6.07 Å². The molecule has 1 heterocycles. The van der Waals surface area contributed by atoms with Crippen LogP contribution in [0, 0.1) is 18.8 Å². The molecule has 0 spiro atoms. The summed E-state index contributed by atoms with van der Waals surface area (Å²) in [6.45, 7) is 4.02. The quantitative estimate of drug-likeness (QED) is 0.854. The van der Waals surface area contributed by atoms with E-state index < -0.39 is 0 Å². The molecule has 0 fully saturated rings. The third-order valence-electron chi connectivity index (χ3n) is 2.89.